The monoisotopic (exact) mass is 267 g/mol. The summed E-state index contributed by atoms with van der Waals surface area (Å²) in [6, 6.07) is 5.01. The fourth-order valence-corrected chi connectivity index (χ4v) is 1.31. The van der Waals surface area contributed by atoms with Gasteiger partial charge >= 0.3 is 5.97 Å². The Morgan fingerprint density at radius 2 is 1.63 bits per heavy atom. The van der Waals surface area contributed by atoms with E-state index < -0.39 is 5.97 Å². The van der Waals surface area contributed by atoms with Crippen LogP contribution in [0.5, 0.6) is 11.5 Å². The lowest BCUT2D eigenvalue weighted by Crippen LogP contribution is -2.13. The van der Waals surface area contributed by atoms with Crippen LogP contribution in [0.15, 0.2) is 18.2 Å². The quantitative estimate of drug-likeness (QED) is 0.606. The van der Waals surface area contributed by atoms with Gasteiger partial charge in [0.2, 0.25) is 0 Å². The molecular weight excluding hydrogens is 248 g/mol. The second-order valence-corrected chi connectivity index (χ2v) is 4.99. The second-order valence-electron chi connectivity index (χ2n) is 4.99. The highest BCUT2D eigenvalue weighted by atomic mass is 17.2. The average Bonchev–Trinajstić information content (AvgIpc) is 2.35. The molecule has 1 radical (unpaired) electrons. The van der Waals surface area contributed by atoms with Gasteiger partial charge in [-0.25, -0.2) is 4.79 Å². The Labute approximate surface area is 113 Å². The van der Waals surface area contributed by atoms with Gasteiger partial charge in [0.25, 0.3) is 0 Å². The lowest BCUT2D eigenvalue weighted by atomic mass is 9.99. The predicted octanol–water partition coefficient (Wildman–Crippen LogP) is 3.00. The van der Waals surface area contributed by atoms with Crippen molar-refractivity contribution < 1.29 is 24.0 Å². The summed E-state index contributed by atoms with van der Waals surface area (Å²) < 4.78 is 10.2. The third-order valence-electron chi connectivity index (χ3n) is 2.16. The minimum Gasteiger partial charge on any atom is -0.496 e. The number of hydrogen-bond donors (Lipinski definition) is 0. The van der Waals surface area contributed by atoms with Crippen LogP contribution in [-0.4, -0.2) is 20.2 Å². The summed E-state index contributed by atoms with van der Waals surface area (Å²) in [5, 5.41) is 0. The van der Waals surface area contributed by atoms with Crippen LogP contribution in [0, 0.1) is 12.0 Å². The molecule has 0 aliphatic heterocycles. The van der Waals surface area contributed by atoms with E-state index in [0.717, 1.165) is 0 Å². The van der Waals surface area contributed by atoms with Crippen molar-refractivity contribution in [3.8, 4) is 11.5 Å². The third-order valence-corrected chi connectivity index (χ3v) is 2.16. The maximum Gasteiger partial charge on any atom is 0.380 e. The van der Waals surface area contributed by atoms with E-state index >= 15 is 0 Å². The fraction of sp³-hybridized carbons (Fsp3) is 0.429. The lowest BCUT2D eigenvalue weighted by molar-refractivity contribution is -0.224. The van der Waals surface area contributed by atoms with Crippen molar-refractivity contribution in [2.24, 2.45) is 5.41 Å². The van der Waals surface area contributed by atoms with Gasteiger partial charge in [0.05, 0.1) is 14.2 Å². The number of ether oxygens (including phenoxy) is 2. The number of carbonyl (C=O) groups is 1. The lowest BCUT2D eigenvalue weighted by Gasteiger charge is -2.16. The number of hydrogen-bond acceptors (Lipinski definition) is 5. The largest absolute Gasteiger partial charge is 0.496 e. The average molecular weight is 267 g/mol. The van der Waals surface area contributed by atoms with E-state index in [1.54, 1.807) is 18.2 Å². The molecule has 5 heteroatoms. The first kappa shape index (κ1) is 15.3. The van der Waals surface area contributed by atoms with Crippen molar-refractivity contribution in [2.45, 2.75) is 20.8 Å². The van der Waals surface area contributed by atoms with E-state index in [4.69, 9.17) is 19.2 Å². The zero-order valence-corrected chi connectivity index (χ0v) is 11.9. The minimum atomic E-state index is -0.671. The first-order valence-corrected chi connectivity index (χ1v) is 5.82. The van der Waals surface area contributed by atoms with Crippen LogP contribution in [0.3, 0.4) is 0 Å². The molecule has 0 fully saturated rings. The number of methoxy groups -OCH3 is 2. The predicted molar refractivity (Wildman–Crippen MR) is 69.8 cm³/mol. The Kier molecular flexibility index (Phi) is 5.18. The Morgan fingerprint density at radius 3 is 2.05 bits per heavy atom. The first-order valence-electron chi connectivity index (χ1n) is 5.82. The van der Waals surface area contributed by atoms with Crippen LogP contribution in [0.2, 0.25) is 0 Å². The summed E-state index contributed by atoms with van der Waals surface area (Å²) in [7, 11) is 2.93. The van der Waals surface area contributed by atoms with Gasteiger partial charge in [0.1, 0.15) is 23.7 Å². The van der Waals surface area contributed by atoms with Gasteiger partial charge in [-0.1, -0.05) is 26.8 Å². The van der Waals surface area contributed by atoms with E-state index in [2.05, 4.69) is 0 Å². The molecule has 105 valence electrons. The molecule has 1 aromatic rings. The summed E-state index contributed by atoms with van der Waals surface area (Å²) in [5.74, 6) is 0.0576. The Balaban J connectivity index is 2.81. The molecule has 0 spiro atoms. The smallest absolute Gasteiger partial charge is 0.380 e. The molecule has 0 amide bonds. The molecule has 0 unspecified atom stereocenters. The zero-order valence-electron chi connectivity index (χ0n) is 11.9. The van der Waals surface area contributed by atoms with Crippen molar-refractivity contribution in [3.63, 3.8) is 0 Å². The summed E-state index contributed by atoms with van der Waals surface area (Å²) in [6.45, 7) is 7.20. The molecule has 0 aliphatic carbocycles. The van der Waals surface area contributed by atoms with E-state index in [0.29, 0.717) is 11.5 Å². The maximum atomic E-state index is 12.0. The van der Waals surface area contributed by atoms with Gasteiger partial charge in [0.15, 0.2) is 0 Å². The molecule has 0 aliphatic rings. The fourth-order valence-electron chi connectivity index (χ4n) is 1.31. The molecular formula is C14H19O5. The van der Waals surface area contributed by atoms with Crippen molar-refractivity contribution in [2.75, 3.05) is 14.2 Å². The van der Waals surface area contributed by atoms with Gasteiger partial charge in [0, 0.05) is 0 Å². The second kappa shape index (κ2) is 6.43. The highest BCUT2D eigenvalue weighted by Gasteiger charge is 2.22. The molecule has 0 bridgehead atoms. The molecule has 0 heterocycles. The Bertz CT molecular complexity index is 412. The molecule has 1 rings (SSSR count). The van der Waals surface area contributed by atoms with Gasteiger partial charge < -0.3 is 9.47 Å². The molecule has 0 saturated heterocycles. The van der Waals surface area contributed by atoms with Gasteiger partial charge in [-0.05, 0) is 17.5 Å². The van der Waals surface area contributed by atoms with E-state index in [1.165, 1.54) is 20.8 Å². The Morgan fingerprint density at radius 1 is 1.11 bits per heavy atom. The van der Waals surface area contributed by atoms with Crippen LogP contribution >= 0.6 is 0 Å². The molecule has 0 saturated carbocycles. The standard InChI is InChI=1S/C14H19O5/c1-14(2,3)9-18-19-13(15)12-10(16-4)7-6-8-11(12)17-5/h6-9H,1-5H3. The SMILES string of the molecule is COc1cccc(OC)c1C(=O)OO[CH]C(C)(C)C. The number of rotatable bonds is 5. The summed E-state index contributed by atoms with van der Waals surface area (Å²) in [5.41, 5.74) is -0.0275. The summed E-state index contributed by atoms with van der Waals surface area (Å²) in [4.78, 5) is 21.5. The van der Waals surface area contributed by atoms with Crippen LogP contribution in [-0.2, 0) is 9.78 Å². The molecule has 5 nitrogen and oxygen atoms in total. The van der Waals surface area contributed by atoms with E-state index in [1.807, 2.05) is 20.8 Å². The van der Waals surface area contributed by atoms with E-state index in [-0.39, 0.29) is 11.0 Å². The zero-order chi connectivity index (χ0) is 14.5. The van der Waals surface area contributed by atoms with Crippen molar-refractivity contribution in [1.29, 1.82) is 0 Å². The molecule has 19 heavy (non-hydrogen) atoms. The van der Waals surface area contributed by atoms with Crippen LogP contribution in [0.25, 0.3) is 0 Å². The normalized spacial score (nSPS) is 11.0. The summed E-state index contributed by atoms with van der Waals surface area (Å²) >= 11 is 0. The van der Waals surface area contributed by atoms with Gasteiger partial charge in [-0.15, -0.1) is 0 Å². The van der Waals surface area contributed by atoms with Crippen LogP contribution in [0.1, 0.15) is 31.1 Å². The highest BCUT2D eigenvalue weighted by Crippen LogP contribution is 2.29. The highest BCUT2D eigenvalue weighted by molar-refractivity contribution is 5.95. The van der Waals surface area contributed by atoms with Crippen molar-refractivity contribution >= 4 is 5.97 Å². The number of benzene rings is 1. The molecule has 0 aromatic heterocycles. The van der Waals surface area contributed by atoms with Crippen molar-refractivity contribution in [1.82, 2.24) is 0 Å². The third kappa shape index (κ3) is 4.44. The Hall–Kier alpha value is -1.75. The topological polar surface area (TPSA) is 54.0 Å². The molecule has 0 N–H and O–H groups in total. The molecule has 1 aromatic carbocycles. The van der Waals surface area contributed by atoms with Crippen LogP contribution in [0.4, 0.5) is 0 Å². The number of carbonyl (C=O) groups excluding carboxylic acids is 1. The summed E-state index contributed by atoms with van der Waals surface area (Å²) in [6.07, 6.45) is 0. The maximum absolute atomic E-state index is 12.0. The van der Waals surface area contributed by atoms with E-state index in [9.17, 15) is 4.79 Å². The van der Waals surface area contributed by atoms with Gasteiger partial charge in [-0.2, -0.15) is 4.89 Å². The first-order chi connectivity index (χ1) is 8.89. The van der Waals surface area contributed by atoms with Crippen LogP contribution < -0.4 is 9.47 Å². The minimum absolute atomic E-state index is 0.190. The van der Waals surface area contributed by atoms with Crippen molar-refractivity contribution in [3.05, 3.63) is 30.4 Å². The molecule has 0 atom stereocenters. The van der Waals surface area contributed by atoms with Gasteiger partial charge in [-0.3, -0.25) is 4.89 Å².